The SMILES string of the molecule is CC#CCOc1ccc(C[C@H](NC(=O)[C@@H](/C=C/CCCCCCC2(CCCCCCC)OCCO2)[C@@](O)(CCO)C(=O)O)C(=O)OC)cc1. The minimum atomic E-state index is -2.59. The largest absolute Gasteiger partial charge is 0.481 e. The highest BCUT2D eigenvalue weighted by Gasteiger charge is 2.47. The quantitative estimate of drug-likeness (QED) is 0.0471. The Bertz CT molecular complexity index is 1220. The van der Waals surface area contributed by atoms with Crippen LogP contribution in [0.1, 0.15) is 103 Å². The van der Waals surface area contributed by atoms with Gasteiger partial charge in [0, 0.05) is 32.3 Å². The first-order valence-corrected chi connectivity index (χ1v) is 17.7. The number of rotatable bonds is 25. The van der Waals surface area contributed by atoms with Crippen LogP contribution in [-0.2, 0) is 35.0 Å². The summed E-state index contributed by atoms with van der Waals surface area (Å²) in [5.74, 6) is 0.827. The van der Waals surface area contributed by atoms with Crippen molar-refractivity contribution < 1.29 is 48.7 Å². The van der Waals surface area contributed by atoms with Crippen molar-refractivity contribution in [2.24, 2.45) is 5.92 Å². The molecule has 0 bridgehead atoms. The van der Waals surface area contributed by atoms with Crippen LogP contribution in [0, 0.1) is 17.8 Å². The molecule has 1 aromatic carbocycles. The summed E-state index contributed by atoms with van der Waals surface area (Å²) >= 11 is 0. The van der Waals surface area contributed by atoms with Crippen molar-refractivity contribution in [2.45, 2.75) is 121 Å². The van der Waals surface area contributed by atoms with Crippen LogP contribution in [0.5, 0.6) is 5.75 Å². The number of aliphatic carboxylic acids is 1. The van der Waals surface area contributed by atoms with Crippen molar-refractivity contribution in [3.05, 3.63) is 42.0 Å². The average Bonchev–Trinajstić information content (AvgIpc) is 3.56. The Morgan fingerprint density at radius 3 is 2.22 bits per heavy atom. The molecular formula is C38H57NO10. The molecule has 0 spiro atoms. The molecule has 1 aliphatic heterocycles. The van der Waals surface area contributed by atoms with Crippen LogP contribution in [0.4, 0.5) is 0 Å². The number of hydrogen-bond donors (Lipinski definition) is 4. The van der Waals surface area contributed by atoms with Gasteiger partial charge in [-0.05, 0) is 50.3 Å². The van der Waals surface area contributed by atoms with Crippen molar-refractivity contribution in [1.29, 1.82) is 0 Å². The van der Waals surface area contributed by atoms with E-state index in [-0.39, 0.29) is 13.0 Å². The summed E-state index contributed by atoms with van der Waals surface area (Å²) in [5, 5.41) is 33.1. The lowest BCUT2D eigenvalue weighted by Gasteiger charge is -2.30. The molecule has 0 aromatic heterocycles. The zero-order valence-corrected chi connectivity index (χ0v) is 29.5. The number of carbonyl (C=O) groups is 3. The van der Waals surface area contributed by atoms with Crippen LogP contribution in [-0.4, -0.2) is 84.1 Å². The van der Waals surface area contributed by atoms with Crippen LogP contribution >= 0.6 is 0 Å². The molecule has 49 heavy (non-hydrogen) atoms. The second-order valence-electron chi connectivity index (χ2n) is 12.5. The number of aliphatic hydroxyl groups is 2. The Hall–Kier alpha value is -3.43. The summed E-state index contributed by atoms with van der Waals surface area (Å²) in [4.78, 5) is 38.4. The van der Waals surface area contributed by atoms with Gasteiger partial charge in [-0.1, -0.05) is 75.7 Å². The van der Waals surface area contributed by atoms with E-state index in [0.29, 0.717) is 30.9 Å². The Labute approximate surface area is 291 Å². The first-order chi connectivity index (χ1) is 23.6. The second-order valence-corrected chi connectivity index (χ2v) is 12.5. The molecule has 11 nitrogen and oxygen atoms in total. The summed E-state index contributed by atoms with van der Waals surface area (Å²) in [6, 6.07) is 5.72. The molecule has 1 amide bonds. The lowest BCUT2D eigenvalue weighted by atomic mass is 9.83. The van der Waals surface area contributed by atoms with E-state index in [1.165, 1.54) is 38.9 Å². The number of hydrogen-bond acceptors (Lipinski definition) is 9. The van der Waals surface area contributed by atoms with Crippen LogP contribution < -0.4 is 10.1 Å². The van der Waals surface area contributed by atoms with E-state index in [1.54, 1.807) is 37.3 Å². The Balaban J connectivity index is 2.00. The monoisotopic (exact) mass is 687 g/mol. The smallest absolute Gasteiger partial charge is 0.336 e. The van der Waals surface area contributed by atoms with Crippen LogP contribution in [0.25, 0.3) is 0 Å². The number of amides is 1. The van der Waals surface area contributed by atoms with Gasteiger partial charge in [0.15, 0.2) is 11.4 Å². The minimum Gasteiger partial charge on any atom is -0.481 e. The Morgan fingerprint density at radius 2 is 1.65 bits per heavy atom. The van der Waals surface area contributed by atoms with Crippen molar-refractivity contribution >= 4 is 17.8 Å². The van der Waals surface area contributed by atoms with E-state index in [2.05, 4.69) is 24.1 Å². The number of methoxy groups -OCH3 is 1. The maximum Gasteiger partial charge on any atom is 0.336 e. The summed E-state index contributed by atoms with van der Waals surface area (Å²) in [5.41, 5.74) is -1.91. The highest BCUT2D eigenvalue weighted by atomic mass is 16.7. The number of benzene rings is 1. The third kappa shape index (κ3) is 14.5. The van der Waals surface area contributed by atoms with Crippen molar-refractivity contribution in [3.63, 3.8) is 0 Å². The topological polar surface area (TPSA) is 161 Å². The average molecular weight is 688 g/mol. The number of ether oxygens (including phenoxy) is 4. The van der Waals surface area contributed by atoms with Gasteiger partial charge in [0.2, 0.25) is 5.91 Å². The van der Waals surface area contributed by atoms with E-state index >= 15 is 0 Å². The van der Waals surface area contributed by atoms with Gasteiger partial charge in [0.05, 0.1) is 26.2 Å². The fraction of sp³-hybridized carbons (Fsp3) is 0.658. The number of allylic oxidation sites excluding steroid dienone is 1. The maximum atomic E-state index is 13.5. The fourth-order valence-electron chi connectivity index (χ4n) is 5.93. The van der Waals surface area contributed by atoms with Gasteiger partial charge in [0.25, 0.3) is 0 Å². The van der Waals surface area contributed by atoms with E-state index in [4.69, 9.17) is 18.9 Å². The number of unbranched alkanes of at least 4 members (excludes halogenated alkanes) is 8. The van der Waals surface area contributed by atoms with Gasteiger partial charge in [-0.25, -0.2) is 9.59 Å². The van der Waals surface area contributed by atoms with Crippen LogP contribution in [0.15, 0.2) is 36.4 Å². The van der Waals surface area contributed by atoms with Crippen LogP contribution in [0.2, 0.25) is 0 Å². The number of carboxylic acids is 1. The number of esters is 1. The van der Waals surface area contributed by atoms with Gasteiger partial charge in [-0.2, -0.15) is 0 Å². The first-order valence-electron chi connectivity index (χ1n) is 17.7. The predicted molar refractivity (Wildman–Crippen MR) is 186 cm³/mol. The van der Waals surface area contributed by atoms with Gasteiger partial charge < -0.3 is 39.6 Å². The molecule has 0 unspecified atom stereocenters. The van der Waals surface area contributed by atoms with Gasteiger partial charge in [-0.3, -0.25) is 4.79 Å². The molecule has 0 saturated carbocycles. The zero-order chi connectivity index (χ0) is 36.0. The molecule has 2 rings (SSSR count). The maximum absolute atomic E-state index is 13.5. The summed E-state index contributed by atoms with van der Waals surface area (Å²) in [6.45, 7) is 4.75. The molecule has 0 radical (unpaired) electrons. The molecule has 4 N–H and O–H groups in total. The Morgan fingerprint density at radius 1 is 1.02 bits per heavy atom. The fourth-order valence-corrected chi connectivity index (χ4v) is 5.93. The summed E-state index contributed by atoms with van der Waals surface area (Å²) < 4.78 is 22.5. The van der Waals surface area contributed by atoms with E-state index < -0.39 is 54.2 Å². The van der Waals surface area contributed by atoms with Gasteiger partial charge >= 0.3 is 11.9 Å². The van der Waals surface area contributed by atoms with Crippen molar-refractivity contribution in [2.75, 3.05) is 33.5 Å². The summed E-state index contributed by atoms with van der Waals surface area (Å²) in [7, 11) is 1.19. The minimum absolute atomic E-state index is 0.0472. The number of nitrogens with one attached hydrogen (secondary N) is 1. The normalized spacial score (nSPS) is 16.3. The van der Waals surface area contributed by atoms with Crippen molar-refractivity contribution in [1.82, 2.24) is 5.32 Å². The van der Waals surface area contributed by atoms with Gasteiger partial charge in [0.1, 0.15) is 18.4 Å². The summed E-state index contributed by atoms with van der Waals surface area (Å²) in [6.07, 6.45) is 14.4. The predicted octanol–water partition coefficient (Wildman–Crippen LogP) is 5.10. The molecule has 0 aliphatic carbocycles. The van der Waals surface area contributed by atoms with Crippen LogP contribution in [0.3, 0.4) is 0 Å². The number of carbonyl (C=O) groups excluding carboxylic acids is 2. The molecule has 1 aliphatic rings. The third-order valence-electron chi connectivity index (χ3n) is 8.80. The molecule has 3 atom stereocenters. The molecule has 1 aromatic rings. The lowest BCUT2D eigenvalue weighted by Crippen LogP contribution is -2.55. The Kier molecular flexibility index (Phi) is 19.6. The van der Waals surface area contributed by atoms with E-state index in [9.17, 15) is 29.7 Å². The molecular weight excluding hydrogens is 630 g/mol. The highest BCUT2D eigenvalue weighted by molar-refractivity contribution is 5.92. The first kappa shape index (κ1) is 41.7. The third-order valence-corrected chi connectivity index (χ3v) is 8.80. The van der Waals surface area contributed by atoms with E-state index in [0.717, 1.165) is 44.9 Å². The van der Waals surface area contributed by atoms with Gasteiger partial charge in [-0.15, -0.1) is 5.92 Å². The molecule has 274 valence electrons. The molecule has 11 heteroatoms. The molecule has 1 heterocycles. The van der Waals surface area contributed by atoms with E-state index in [1.807, 2.05) is 0 Å². The molecule has 1 fully saturated rings. The number of carboxylic acid groups (broad SMARTS) is 1. The molecule has 1 saturated heterocycles. The number of aliphatic hydroxyl groups excluding tert-OH is 1. The lowest BCUT2D eigenvalue weighted by molar-refractivity contribution is -0.169. The zero-order valence-electron chi connectivity index (χ0n) is 29.5. The second kappa shape index (κ2) is 23.1. The van der Waals surface area contributed by atoms with Crippen molar-refractivity contribution in [3.8, 4) is 17.6 Å². The standard InChI is InChI=1S/C38H57NO10/c1-4-6-8-12-15-22-37(48-27-28-49-37)23-16-13-10-9-11-14-17-32(38(45,24-25-40)36(43)44)34(41)39-33(35(42)46-3)29-30-18-20-31(21-19-30)47-26-7-5-2/h14,17-21,32-33,40,45H,4,6,8-13,15-16,22-29H2,1-3H3,(H,39,41)(H,43,44)/b17-14+/t32-,33+,38+/m1/s1. The highest BCUT2D eigenvalue weighted by Crippen LogP contribution is 2.32.